The van der Waals surface area contributed by atoms with E-state index in [1.807, 2.05) is 0 Å². The molecular formula is C76H148O17P2. The molecule has 0 spiro atoms. The van der Waals surface area contributed by atoms with Gasteiger partial charge in [-0.15, -0.1) is 0 Å². The second-order valence-corrected chi connectivity index (χ2v) is 30.3. The first kappa shape index (κ1) is 93.1. The Labute approximate surface area is 581 Å². The summed E-state index contributed by atoms with van der Waals surface area (Å²) in [7, 11) is -9.90. The van der Waals surface area contributed by atoms with Crippen LogP contribution < -0.4 is 0 Å². The predicted molar refractivity (Wildman–Crippen MR) is 386 cm³/mol. The Balaban J connectivity index is 5.15. The topological polar surface area (TPSA) is 237 Å². The van der Waals surface area contributed by atoms with Crippen LogP contribution in [0.3, 0.4) is 0 Å². The van der Waals surface area contributed by atoms with Crippen LogP contribution in [-0.2, 0) is 65.4 Å². The van der Waals surface area contributed by atoms with Crippen LogP contribution >= 0.6 is 15.6 Å². The summed E-state index contributed by atoms with van der Waals surface area (Å²) in [5.41, 5.74) is 0. The predicted octanol–water partition coefficient (Wildman–Crippen LogP) is 22.6. The summed E-state index contributed by atoms with van der Waals surface area (Å²) in [5, 5.41) is 10.6. The number of phosphoric ester groups is 2. The maximum absolute atomic E-state index is 13.1. The van der Waals surface area contributed by atoms with E-state index in [-0.39, 0.29) is 25.7 Å². The van der Waals surface area contributed by atoms with Crippen molar-refractivity contribution in [2.75, 3.05) is 39.6 Å². The van der Waals surface area contributed by atoms with Crippen molar-refractivity contribution in [2.45, 2.75) is 425 Å². The molecule has 0 rings (SSSR count). The van der Waals surface area contributed by atoms with Gasteiger partial charge in [0.15, 0.2) is 12.2 Å². The lowest BCUT2D eigenvalue weighted by Gasteiger charge is -2.21. The van der Waals surface area contributed by atoms with E-state index in [1.165, 1.54) is 231 Å². The van der Waals surface area contributed by atoms with Gasteiger partial charge in [-0.3, -0.25) is 37.3 Å². The highest BCUT2D eigenvalue weighted by Gasteiger charge is 2.30. The van der Waals surface area contributed by atoms with Crippen molar-refractivity contribution in [3.8, 4) is 0 Å². The number of aliphatic hydroxyl groups is 1. The molecule has 95 heavy (non-hydrogen) atoms. The van der Waals surface area contributed by atoms with E-state index in [0.717, 1.165) is 96.3 Å². The van der Waals surface area contributed by atoms with Gasteiger partial charge in [-0.25, -0.2) is 9.13 Å². The van der Waals surface area contributed by atoms with Gasteiger partial charge in [0.05, 0.1) is 26.4 Å². The van der Waals surface area contributed by atoms with Crippen molar-refractivity contribution >= 4 is 39.5 Å². The average molecular weight is 1400 g/mol. The first-order valence-electron chi connectivity index (χ1n) is 39.8. The van der Waals surface area contributed by atoms with E-state index in [4.69, 9.17) is 37.0 Å². The third kappa shape index (κ3) is 70.3. The zero-order chi connectivity index (χ0) is 69.7. The van der Waals surface area contributed by atoms with Gasteiger partial charge in [0.1, 0.15) is 19.3 Å². The van der Waals surface area contributed by atoms with Gasteiger partial charge in [0, 0.05) is 25.7 Å². The number of ether oxygens (including phenoxy) is 4. The van der Waals surface area contributed by atoms with E-state index >= 15 is 0 Å². The molecule has 0 aliphatic carbocycles. The highest BCUT2D eigenvalue weighted by atomic mass is 31.2. The van der Waals surface area contributed by atoms with Gasteiger partial charge in [-0.2, -0.15) is 0 Å². The summed E-state index contributed by atoms with van der Waals surface area (Å²) in [4.78, 5) is 72.6. The number of hydrogen-bond acceptors (Lipinski definition) is 15. The third-order valence-electron chi connectivity index (χ3n) is 17.9. The highest BCUT2D eigenvalue weighted by molar-refractivity contribution is 7.47. The normalized spacial score (nSPS) is 13.9. The summed E-state index contributed by atoms with van der Waals surface area (Å²) >= 11 is 0. The zero-order valence-electron chi connectivity index (χ0n) is 61.6. The van der Waals surface area contributed by atoms with Crippen molar-refractivity contribution < 1.29 is 80.2 Å². The number of phosphoric acid groups is 2. The molecule has 0 aliphatic rings. The number of rotatable bonds is 77. The first-order valence-corrected chi connectivity index (χ1v) is 42.8. The molecule has 0 aromatic heterocycles. The molecule has 0 radical (unpaired) electrons. The molecule has 0 saturated heterocycles. The maximum Gasteiger partial charge on any atom is 0.472 e. The molecule has 5 atom stereocenters. The van der Waals surface area contributed by atoms with Crippen LogP contribution in [0.4, 0.5) is 0 Å². The summed E-state index contributed by atoms with van der Waals surface area (Å²) in [5.74, 6) is -2.12. The second-order valence-electron chi connectivity index (χ2n) is 27.4. The lowest BCUT2D eigenvalue weighted by Crippen LogP contribution is -2.30. The molecule has 0 aliphatic heterocycles. The highest BCUT2D eigenvalue weighted by Crippen LogP contribution is 2.45. The van der Waals surface area contributed by atoms with Gasteiger partial charge < -0.3 is 33.8 Å². The van der Waals surface area contributed by atoms with Crippen LogP contribution in [0.15, 0.2) is 0 Å². The molecule has 0 amide bonds. The van der Waals surface area contributed by atoms with Crippen molar-refractivity contribution in [2.24, 2.45) is 0 Å². The standard InChI is InChI=1S/C76H148O17P2/c1-5-9-13-17-21-25-27-29-31-33-34-35-36-38-40-42-44-47-51-55-59-63-76(81)93-72(67-87-74(79)61-57-53-49-46-43-41-39-37-32-30-28-26-22-18-14-10-6-2)69-91-95(84,85)89-65-70(77)64-88-94(82,83)90-68-71(66-86-73(78)60-56-52-48-24-20-16-12-8-4)92-75(80)62-58-54-50-45-23-19-15-11-7-3/h70-72,77H,5-69H2,1-4H3,(H,82,83)(H,84,85)/t70-,71+,72+/m0/s1. The first-order chi connectivity index (χ1) is 46.2. The van der Waals surface area contributed by atoms with Crippen LogP contribution in [0.25, 0.3) is 0 Å². The van der Waals surface area contributed by atoms with Gasteiger partial charge >= 0.3 is 39.5 Å². The minimum atomic E-state index is -4.96. The summed E-state index contributed by atoms with van der Waals surface area (Å²) in [6.45, 7) is 4.94. The molecule has 0 fully saturated rings. The third-order valence-corrected chi connectivity index (χ3v) is 19.8. The molecule has 0 aromatic rings. The smallest absolute Gasteiger partial charge is 0.462 e. The Kier molecular flexibility index (Phi) is 69.1. The summed E-state index contributed by atoms with van der Waals surface area (Å²) in [6, 6.07) is 0. The fourth-order valence-corrected chi connectivity index (χ4v) is 13.3. The Morgan fingerprint density at radius 1 is 0.253 bits per heavy atom. The minimum absolute atomic E-state index is 0.106. The second kappa shape index (κ2) is 70.5. The van der Waals surface area contributed by atoms with E-state index in [2.05, 4.69) is 27.7 Å². The van der Waals surface area contributed by atoms with E-state index in [9.17, 15) is 43.2 Å². The number of aliphatic hydroxyl groups excluding tert-OH is 1. The van der Waals surface area contributed by atoms with Gasteiger partial charge in [0.2, 0.25) is 0 Å². The van der Waals surface area contributed by atoms with Gasteiger partial charge in [0.25, 0.3) is 0 Å². The van der Waals surface area contributed by atoms with Gasteiger partial charge in [-0.05, 0) is 25.7 Å². The Morgan fingerprint density at radius 2 is 0.421 bits per heavy atom. The van der Waals surface area contributed by atoms with E-state index in [0.29, 0.717) is 25.7 Å². The van der Waals surface area contributed by atoms with Crippen LogP contribution in [0, 0.1) is 0 Å². The quantitative estimate of drug-likeness (QED) is 0.0222. The Hall–Kier alpha value is -1.94. The maximum atomic E-state index is 13.1. The van der Waals surface area contributed by atoms with Crippen molar-refractivity contribution in [1.29, 1.82) is 0 Å². The van der Waals surface area contributed by atoms with Crippen molar-refractivity contribution in [1.82, 2.24) is 0 Å². The van der Waals surface area contributed by atoms with Crippen molar-refractivity contribution in [3.63, 3.8) is 0 Å². The summed E-state index contributed by atoms with van der Waals surface area (Å²) < 4.78 is 68.4. The Morgan fingerprint density at radius 3 is 0.621 bits per heavy atom. The molecular weight excluding hydrogens is 1250 g/mol. The van der Waals surface area contributed by atoms with Gasteiger partial charge in [-0.1, -0.05) is 355 Å². The summed E-state index contributed by atoms with van der Waals surface area (Å²) in [6.07, 6.45) is 61.3. The average Bonchev–Trinajstić information content (AvgIpc) is 1.50. The SMILES string of the molecule is CCCCCCCCCCCCCCCCCCCCCCCC(=O)O[C@H](COC(=O)CCCCCCCCCCCCCCCCCCC)COP(=O)(O)OC[C@@H](O)COP(=O)(O)OC[C@@H](COC(=O)CCCCCCCCCC)OC(=O)CCCCCCCCCCC. The van der Waals surface area contributed by atoms with E-state index < -0.39 is 97.5 Å². The van der Waals surface area contributed by atoms with Crippen LogP contribution in [0.1, 0.15) is 407 Å². The molecule has 0 heterocycles. The fourth-order valence-electron chi connectivity index (χ4n) is 11.8. The fraction of sp³-hybridized carbons (Fsp3) is 0.947. The zero-order valence-corrected chi connectivity index (χ0v) is 63.4. The van der Waals surface area contributed by atoms with Crippen LogP contribution in [0.2, 0.25) is 0 Å². The molecule has 3 N–H and O–H groups in total. The number of carbonyl (C=O) groups is 4. The molecule has 17 nitrogen and oxygen atoms in total. The largest absolute Gasteiger partial charge is 0.472 e. The molecule has 19 heteroatoms. The molecule has 0 bridgehead atoms. The number of unbranched alkanes of at least 4 members (excludes halogenated alkanes) is 51. The van der Waals surface area contributed by atoms with Crippen molar-refractivity contribution in [3.05, 3.63) is 0 Å². The number of carbonyl (C=O) groups excluding carboxylic acids is 4. The minimum Gasteiger partial charge on any atom is -0.462 e. The molecule has 0 aromatic carbocycles. The Bertz CT molecular complexity index is 1810. The van der Waals surface area contributed by atoms with Crippen LogP contribution in [-0.4, -0.2) is 96.7 Å². The number of esters is 4. The lowest BCUT2D eigenvalue weighted by atomic mass is 10.0. The number of hydrogen-bond donors (Lipinski definition) is 3. The molecule has 0 saturated carbocycles. The monoisotopic (exact) mass is 1400 g/mol. The van der Waals surface area contributed by atoms with Crippen LogP contribution in [0.5, 0.6) is 0 Å². The lowest BCUT2D eigenvalue weighted by molar-refractivity contribution is -0.161. The molecule has 2 unspecified atom stereocenters. The molecule has 564 valence electrons. The van der Waals surface area contributed by atoms with E-state index in [1.54, 1.807) is 0 Å².